The Balaban J connectivity index is 2.45. The summed E-state index contributed by atoms with van der Waals surface area (Å²) in [4.78, 5) is 8.64. The van der Waals surface area contributed by atoms with Crippen molar-refractivity contribution in [1.29, 1.82) is 0 Å². The molecule has 106 valence electrons. The molecule has 0 radical (unpaired) electrons. The SMILES string of the molecule is CCc1ccnc(N2CCN(C)CC2)c1S(N)(=O)=O. The highest BCUT2D eigenvalue weighted by Gasteiger charge is 2.25. The lowest BCUT2D eigenvalue weighted by atomic mass is 10.2. The molecule has 0 unspecified atom stereocenters. The van der Waals surface area contributed by atoms with Crippen LogP contribution in [-0.4, -0.2) is 51.5 Å². The molecule has 0 aromatic carbocycles. The van der Waals surface area contributed by atoms with Gasteiger partial charge in [0.05, 0.1) is 0 Å². The van der Waals surface area contributed by atoms with Gasteiger partial charge in [0.25, 0.3) is 0 Å². The number of primary sulfonamides is 1. The van der Waals surface area contributed by atoms with Crippen LogP contribution in [0, 0.1) is 0 Å². The van der Waals surface area contributed by atoms with Crippen LogP contribution in [0.2, 0.25) is 0 Å². The molecular formula is C12H20N4O2S. The maximum absolute atomic E-state index is 11.8. The maximum atomic E-state index is 11.8. The Bertz CT molecular complexity index is 551. The van der Waals surface area contributed by atoms with Crippen molar-refractivity contribution in [3.05, 3.63) is 17.8 Å². The van der Waals surface area contributed by atoms with Gasteiger partial charge in [0.15, 0.2) is 0 Å². The van der Waals surface area contributed by atoms with E-state index in [0.717, 1.165) is 31.7 Å². The third-order valence-electron chi connectivity index (χ3n) is 3.44. The van der Waals surface area contributed by atoms with Gasteiger partial charge in [-0.3, -0.25) is 0 Å². The average molecular weight is 284 g/mol. The van der Waals surface area contributed by atoms with Crippen molar-refractivity contribution in [1.82, 2.24) is 9.88 Å². The summed E-state index contributed by atoms with van der Waals surface area (Å²) >= 11 is 0. The second kappa shape index (κ2) is 5.44. The van der Waals surface area contributed by atoms with E-state index in [9.17, 15) is 8.42 Å². The Morgan fingerprint density at radius 2 is 1.95 bits per heavy atom. The summed E-state index contributed by atoms with van der Waals surface area (Å²) in [5.41, 5.74) is 0.728. The lowest BCUT2D eigenvalue weighted by Gasteiger charge is -2.34. The van der Waals surface area contributed by atoms with Crippen LogP contribution in [0.4, 0.5) is 5.82 Å². The minimum absolute atomic E-state index is 0.182. The summed E-state index contributed by atoms with van der Waals surface area (Å²) in [7, 11) is -1.71. The Kier molecular flexibility index (Phi) is 4.07. The zero-order valence-corrected chi connectivity index (χ0v) is 12.2. The quantitative estimate of drug-likeness (QED) is 0.848. The molecule has 0 saturated carbocycles. The molecule has 1 aliphatic rings. The number of aromatic nitrogens is 1. The lowest BCUT2D eigenvalue weighted by Crippen LogP contribution is -2.45. The molecule has 0 bridgehead atoms. The first-order valence-corrected chi connectivity index (χ1v) is 7.92. The number of nitrogens with zero attached hydrogens (tertiary/aromatic N) is 3. The Hall–Kier alpha value is -1.18. The molecule has 0 atom stereocenters. The number of rotatable bonds is 3. The van der Waals surface area contributed by atoms with Crippen molar-refractivity contribution in [3.63, 3.8) is 0 Å². The van der Waals surface area contributed by atoms with Crippen molar-refractivity contribution in [3.8, 4) is 0 Å². The first kappa shape index (κ1) is 14.2. The van der Waals surface area contributed by atoms with Gasteiger partial charge in [-0.25, -0.2) is 18.5 Å². The highest BCUT2D eigenvalue weighted by atomic mass is 32.2. The highest BCUT2D eigenvalue weighted by molar-refractivity contribution is 7.89. The van der Waals surface area contributed by atoms with Crippen LogP contribution in [0.3, 0.4) is 0 Å². The van der Waals surface area contributed by atoms with Crippen molar-refractivity contribution < 1.29 is 8.42 Å². The number of aryl methyl sites for hydroxylation is 1. The number of hydrogen-bond acceptors (Lipinski definition) is 5. The van der Waals surface area contributed by atoms with Gasteiger partial charge in [0, 0.05) is 32.4 Å². The fourth-order valence-electron chi connectivity index (χ4n) is 2.31. The summed E-state index contributed by atoms with van der Waals surface area (Å²) in [5, 5.41) is 5.36. The third-order valence-corrected chi connectivity index (χ3v) is 4.45. The Morgan fingerprint density at radius 1 is 1.32 bits per heavy atom. The molecule has 1 aromatic heterocycles. The molecule has 0 aliphatic carbocycles. The van der Waals surface area contributed by atoms with Crippen LogP contribution in [0.15, 0.2) is 17.2 Å². The van der Waals surface area contributed by atoms with Crippen LogP contribution < -0.4 is 10.0 Å². The normalized spacial score (nSPS) is 17.7. The van der Waals surface area contributed by atoms with Crippen molar-refractivity contribution >= 4 is 15.8 Å². The molecule has 2 rings (SSSR count). The zero-order chi connectivity index (χ0) is 14.0. The molecule has 7 heteroatoms. The number of anilines is 1. The van der Waals surface area contributed by atoms with Crippen molar-refractivity contribution in [2.75, 3.05) is 38.1 Å². The fourth-order valence-corrected chi connectivity index (χ4v) is 3.32. The number of piperazine rings is 1. The number of hydrogen-bond donors (Lipinski definition) is 1. The summed E-state index contributed by atoms with van der Waals surface area (Å²) in [6.07, 6.45) is 2.27. The molecule has 0 spiro atoms. The summed E-state index contributed by atoms with van der Waals surface area (Å²) in [5.74, 6) is 0.495. The van der Waals surface area contributed by atoms with Gasteiger partial charge in [0.2, 0.25) is 10.0 Å². The van der Waals surface area contributed by atoms with E-state index in [-0.39, 0.29) is 4.90 Å². The smallest absolute Gasteiger partial charge is 0.242 e. The number of sulfonamides is 1. The molecule has 0 amide bonds. The highest BCUT2D eigenvalue weighted by Crippen LogP contribution is 2.26. The first-order chi connectivity index (χ1) is 8.93. The lowest BCUT2D eigenvalue weighted by molar-refractivity contribution is 0.311. The van der Waals surface area contributed by atoms with Gasteiger partial charge in [0.1, 0.15) is 10.7 Å². The summed E-state index contributed by atoms with van der Waals surface area (Å²) in [6.45, 7) is 5.22. The van der Waals surface area contributed by atoms with Crippen LogP contribution in [0.25, 0.3) is 0 Å². The van der Waals surface area contributed by atoms with E-state index in [2.05, 4.69) is 9.88 Å². The molecule has 1 aromatic rings. The van der Waals surface area contributed by atoms with Crippen LogP contribution in [0.1, 0.15) is 12.5 Å². The largest absolute Gasteiger partial charge is 0.353 e. The zero-order valence-electron chi connectivity index (χ0n) is 11.3. The van der Waals surface area contributed by atoms with E-state index >= 15 is 0 Å². The van der Waals surface area contributed by atoms with E-state index < -0.39 is 10.0 Å². The number of likely N-dealkylation sites (N-methyl/N-ethyl adjacent to an activating group) is 1. The third kappa shape index (κ3) is 3.05. The molecule has 2 N–H and O–H groups in total. The second-order valence-corrected chi connectivity index (χ2v) is 6.31. The van der Waals surface area contributed by atoms with Gasteiger partial charge in [-0.05, 0) is 25.1 Å². The summed E-state index contributed by atoms with van der Waals surface area (Å²) < 4.78 is 23.7. The Morgan fingerprint density at radius 3 is 2.47 bits per heavy atom. The fraction of sp³-hybridized carbons (Fsp3) is 0.583. The van der Waals surface area contributed by atoms with Gasteiger partial charge in [-0.15, -0.1) is 0 Å². The standard InChI is InChI=1S/C12H20N4O2S/c1-3-10-4-5-14-12(11(10)19(13,17)18)16-8-6-15(2)7-9-16/h4-5H,3,6-9H2,1-2H3,(H2,13,17,18). The molecule has 6 nitrogen and oxygen atoms in total. The van der Waals surface area contributed by atoms with Gasteiger partial charge in [-0.1, -0.05) is 6.92 Å². The molecular weight excluding hydrogens is 264 g/mol. The van der Waals surface area contributed by atoms with Crippen LogP contribution >= 0.6 is 0 Å². The van der Waals surface area contributed by atoms with E-state index in [0.29, 0.717) is 12.2 Å². The molecule has 2 heterocycles. The predicted octanol–water partition coefficient (Wildman–Crippen LogP) is 0.0432. The van der Waals surface area contributed by atoms with E-state index in [1.807, 2.05) is 18.9 Å². The van der Waals surface area contributed by atoms with Crippen LogP contribution in [-0.2, 0) is 16.4 Å². The molecule has 1 saturated heterocycles. The van der Waals surface area contributed by atoms with Crippen molar-refractivity contribution in [2.24, 2.45) is 5.14 Å². The van der Waals surface area contributed by atoms with Gasteiger partial charge >= 0.3 is 0 Å². The van der Waals surface area contributed by atoms with E-state index in [1.165, 1.54) is 0 Å². The molecule has 19 heavy (non-hydrogen) atoms. The number of pyridine rings is 1. The minimum atomic E-state index is -3.76. The topological polar surface area (TPSA) is 79.5 Å². The summed E-state index contributed by atoms with van der Waals surface area (Å²) in [6, 6.07) is 1.72. The molecule has 1 aliphatic heterocycles. The second-order valence-electron chi connectivity index (χ2n) is 4.81. The number of nitrogens with two attached hydrogens (primary N) is 1. The minimum Gasteiger partial charge on any atom is -0.353 e. The maximum Gasteiger partial charge on any atom is 0.242 e. The Labute approximate surface area is 114 Å². The van der Waals surface area contributed by atoms with Gasteiger partial charge < -0.3 is 9.80 Å². The van der Waals surface area contributed by atoms with Crippen LogP contribution in [0.5, 0.6) is 0 Å². The monoisotopic (exact) mass is 284 g/mol. The predicted molar refractivity (Wildman–Crippen MR) is 74.7 cm³/mol. The van der Waals surface area contributed by atoms with E-state index in [4.69, 9.17) is 5.14 Å². The molecule has 1 fully saturated rings. The average Bonchev–Trinajstić information content (AvgIpc) is 2.37. The van der Waals surface area contributed by atoms with Gasteiger partial charge in [-0.2, -0.15) is 0 Å². The first-order valence-electron chi connectivity index (χ1n) is 6.37. The van der Waals surface area contributed by atoms with E-state index in [1.54, 1.807) is 12.3 Å². The van der Waals surface area contributed by atoms with Crippen molar-refractivity contribution in [2.45, 2.75) is 18.2 Å².